The van der Waals surface area contributed by atoms with E-state index in [1.807, 2.05) is 59.6 Å². The summed E-state index contributed by atoms with van der Waals surface area (Å²) in [6.45, 7) is 2.94. The molecular formula is C23H25N3O3. The zero-order valence-corrected chi connectivity index (χ0v) is 16.5. The number of aromatic amines is 1. The summed E-state index contributed by atoms with van der Waals surface area (Å²) < 4.78 is 5.41. The zero-order valence-electron chi connectivity index (χ0n) is 16.5. The van der Waals surface area contributed by atoms with Gasteiger partial charge in [-0.1, -0.05) is 18.2 Å². The number of anilines is 2. The highest BCUT2D eigenvalue weighted by Gasteiger charge is 2.25. The fourth-order valence-electron chi connectivity index (χ4n) is 3.95. The molecule has 0 spiro atoms. The van der Waals surface area contributed by atoms with Gasteiger partial charge in [0, 0.05) is 54.7 Å². The lowest BCUT2D eigenvalue weighted by Crippen LogP contribution is -2.42. The van der Waals surface area contributed by atoms with E-state index in [1.54, 1.807) is 6.92 Å². The number of rotatable bonds is 5. The van der Waals surface area contributed by atoms with Crippen LogP contribution in [0, 0.1) is 0 Å². The summed E-state index contributed by atoms with van der Waals surface area (Å²) in [6, 6.07) is 15.6. The number of benzene rings is 2. The molecule has 3 aromatic rings. The second-order valence-electron chi connectivity index (χ2n) is 7.36. The van der Waals surface area contributed by atoms with E-state index in [2.05, 4.69) is 10.3 Å². The van der Waals surface area contributed by atoms with Crippen molar-refractivity contribution in [1.29, 1.82) is 0 Å². The van der Waals surface area contributed by atoms with Crippen molar-refractivity contribution < 1.29 is 14.3 Å². The van der Waals surface area contributed by atoms with Gasteiger partial charge < -0.3 is 19.9 Å². The molecule has 29 heavy (non-hydrogen) atoms. The number of ether oxygens (including phenoxy) is 1. The molecule has 0 unspecified atom stereocenters. The Labute approximate surface area is 169 Å². The molecule has 1 fully saturated rings. The van der Waals surface area contributed by atoms with Crippen molar-refractivity contribution in [2.75, 3.05) is 23.4 Å². The van der Waals surface area contributed by atoms with Crippen LogP contribution >= 0.6 is 0 Å². The highest BCUT2D eigenvalue weighted by molar-refractivity contribution is 5.96. The Balaban J connectivity index is 1.43. The molecule has 150 valence electrons. The van der Waals surface area contributed by atoms with Gasteiger partial charge in [0.15, 0.2) is 0 Å². The van der Waals surface area contributed by atoms with Crippen LogP contribution < -0.4 is 10.2 Å². The molecule has 1 aromatic heterocycles. The molecule has 0 bridgehead atoms. The molecule has 0 saturated carbocycles. The molecule has 2 heterocycles. The maximum absolute atomic E-state index is 12.5. The quantitative estimate of drug-likeness (QED) is 0.693. The highest BCUT2D eigenvalue weighted by atomic mass is 16.5. The molecule has 2 amide bonds. The number of hydrogen-bond acceptors (Lipinski definition) is 3. The van der Waals surface area contributed by atoms with Gasteiger partial charge in [0.1, 0.15) is 0 Å². The van der Waals surface area contributed by atoms with E-state index in [4.69, 9.17) is 4.74 Å². The van der Waals surface area contributed by atoms with Gasteiger partial charge in [-0.15, -0.1) is 0 Å². The van der Waals surface area contributed by atoms with Crippen molar-refractivity contribution in [3.8, 4) is 0 Å². The molecule has 2 aromatic carbocycles. The minimum absolute atomic E-state index is 0.0213. The first-order valence-electron chi connectivity index (χ1n) is 9.94. The van der Waals surface area contributed by atoms with Gasteiger partial charge in [-0.25, -0.2) is 0 Å². The lowest BCUT2D eigenvalue weighted by atomic mass is 10.1. The molecule has 6 nitrogen and oxygen atoms in total. The maximum Gasteiger partial charge on any atom is 0.228 e. The molecule has 1 aliphatic rings. The number of carbonyl (C=O) groups is 2. The lowest BCUT2D eigenvalue weighted by molar-refractivity contribution is -0.117. The third-order valence-electron chi connectivity index (χ3n) is 5.35. The van der Waals surface area contributed by atoms with Crippen molar-refractivity contribution in [3.63, 3.8) is 0 Å². The number of para-hydroxylation sites is 1. The number of fused-ring (bicyclic) bond motifs is 1. The van der Waals surface area contributed by atoms with Gasteiger partial charge in [0.25, 0.3) is 0 Å². The van der Waals surface area contributed by atoms with E-state index in [1.165, 1.54) is 0 Å². The smallest absolute Gasteiger partial charge is 0.228 e. The number of H-pyrrole nitrogens is 1. The number of hydrogen-bond donors (Lipinski definition) is 2. The van der Waals surface area contributed by atoms with E-state index in [0.717, 1.165) is 35.0 Å². The molecule has 6 heteroatoms. The fourth-order valence-corrected chi connectivity index (χ4v) is 3.95. The van der Waals surface area contributed by atoms with E-state index >= 15 is 0 Å². The average molecular weight is 391 g/mol. The molecular weight excluding hydrogens is 366 g/mol. The van der Waals surface area contributed by atoms with Gasteiger partial charge >= 0.3 is 0 Å². The Hall–Kier alpha value is -3.12. The minimum atomic E-state index is -0.0737. The van der Waals surface area contributed by atoms with Gasteiger partial charge in [0.05, 0.1) is 6.42 Å². The third-order valence-corrected chi connectivity index (χ3v) is 5.35. The second-order valence-corrected chi connectivity index (χ2v) is 7.36. The summed E-state index contributed by atoms with van der Waals surface area (Å²) in [4.78, 5) is 29.7. The number of nitrogens with one attached hydrogen (secondary N) is 2. The van der Waals surface area contributed by atoms with Crippen LogP contribution in [0.1, 0.15) is 25.3 Å². The standard InChI is InChI=1S/C23H25N3O3/c1-16(27)26(20-10-12-29-13-11-20)19-8-6-18(7-9-19)25-23(28)14-17-15-24-22-5-3-2-4-21(17)22/h2-9,15,20,24H,10-14H2,1H3,(H,25,28). The van der Waals surface area contributed by atoms with Gasteiger partial charge in [-0.3, -0.25) is 9.59 Å². The Morgan fingerprint density at radius 3 is 2.55 bits per heavy atom. The molecule has 1 saturated heterocycles. The highest BCUT2D eigenvalue weighted by Crippen LogP contribution is 2.25. The van der Waals surface area contributed by atoms with Crippen molar-refractivity contribution >= 4 is 34.1 Å². The van der Waals surface area contributed by atoms with Crippen LogP contribution in [0.4, 0.5) is 11.4 Å². The van der Waals surface area contributed by atoms with Gasteiger partial charge in [-0.05, 0) is 48.7 Å². The van der Waals surface area contributed by atoms with Crippen LogP contribution in [-0.4, -0.2) is 36.1 Å². The summed E-state index contributed by atoms with van der Waals surface area (Å²) in [7, 11) is 0. The first kappa shape index (κ1) is 19.2. The SMILES string of the molecule is CC(=O)N(c1ccc(NC(=O)Cc2c[nH]c3ccccc23)cc1)C1CCOCC1. The van der Waals surface area contributed by atoms with Crippen LogP contribution in [0.5, 0.6) is 0 Å². The molecule has 4 rings (SSSR count). The number of carbonyl (C=O) groups excluding carboxylic acids is 2. The summed E-state index contributed by atoms with van der Waals surface area (Å²) >= 11 is 0. The van der Waals surface area contributed by atoms with E-state index in [0.29, 0.717) is 25.3 Å². The number of amides is 2. The second kappa shape index (κ2) is 8.49. The monoisotopic (exact) mass is 391 g/mol. The van der Waals surface area contributed by atoms with Gasteiger partial charge in [-0.2, -0.15) is 0 Å². The minimum Gasteiger partial charge on any atom is -0.381 e. The number of aromatic nitrogens is 1. The summed E-state index contributed by atoms with van der Waals surface area (Å²) in [5.74, 6) is -0.0524. The van der Waals surface area contributed by atoms with E-state index < -0.39 is 0 Å². The van der Waals surface area contributed by atoms with Crippen molar-refractivity contribution in [3.05, 3.63) is 60.3 Å². The van der Waals surface area contributed by atoms with Crippen LogP contribution in [0.2, 0.25) is 0 Å². The predicted octanol–water partition coefficient (Wildman–Crippen LogP) is 3.88. The summed E-state index contributed by atoms with van der Waals surface area (Å²) in [5, 5.41) is 4.01. The molecule has 0 radical (unpaired) electrons. The Bertz CT molecular complexity index is 1000. The van der Waals surface area contributed by atoms with Crippen LogP contribution in [-0.2, 0) is 20.7 Å². The Kier molecular flexibility index (Phi) is 5.62. The topological polar surface area (TPSA) is 74.4 Å². The third kappa shape index (κ3) is 4.32. The molecule has 0 atom stereocenters. The first-order valence-corrected chi connectivity index (χ1v) is 9.94. The largest absolute Gasteiger partial charge is 0.381 e. The van der Waals surface area contributed by atoms with Crippen LogP contribution in [0.15, 0.2) is 54.7 Å². The lowest BCUT2D eigenvalue weighted by Gasteiger charge is -2.33. The number of nitrogens with zero attached hydrogens (tertiary/aromatic N) is 1. The first-order chi connectivity index (χ1) is 14.1. The summed E-state index contributed by atoms with van der Waals surface area (Å²) in [5.41, 5.74) is 3.56. The predicted molar refractivity (Wildman–Crippen MR) is 114 cm³/mol. The van der Waals surface area contributed by atoms with Crippen LogP contribution in [0.25, 0.3) is 10.9 Å². The Morgan fingerprint density at radius 1 is 1.10 bits per heavy atom. The molecule has 1 aliphatic heterocycles. The summed E-state index contributed by atoms with van der Waals surface area (Å²) in [6.07, 6.45) is 3.85. The average Bonchev–Trinajstić information content (AvgIpc) is 3.13. The Morgan fingerprint density at radius 2 is 1.83 bits per heavy atom. The molecule has 2 N–H and O–H groups in total. The molecule has 0 aliphatic carbocycles. The van der Waals surface area contributed by atoms with Crippen LogP contribution in [0.3, 0.4) is 0 Å². The van der Waals surface area contributed by atoms with E-state index in [-0.39, 0.29) is 17.9 Å². The van der Waals surface area contributed by atoms with Gasteiger partial charge in [0.2, 0.25) is 11.8 Å². The van der Waals surface area contributed by atoms with Crippen molar-refractivity contribution in [1.82, 2.24) is 4.98 Å². The normalized spacial score (nSPS) is 14.7. The maximum atomic E-state index is 12.5. The van der Waals surface area contributed by atoms with Crippen molar-refractivity contribution in [2.24, 2.45) is 0 Å². The fraction of sp³-hybridized carbons (Fsp3) is 0.304. The zero-order chi connectivity index (χ0) is 20.2. The van der Waals surface area contributed by atoms with Crippen molar-refractivity contribution in [2.45, 2.75) is 32.2 Å². The van der Waals surface area contributed by atoms with E-state index in [9.17, 15) is 9.59 Å².